The number of halogens is 6. The van der Waals surface area contributed by atoms with Gasteiger partial charge in [0.1, 0.15) is 12.4 Å². The second kappa shape index (κ2) is 11.3. The smallest absolute Gasteiger partial charge is 0.545 e. The normalized spacial score (nSPS) is 13.9. The van der Waals surface area contributed by atoms with Crippen LogP contribution in [0.5, 0.6) is 5.75 Å². The number of carbonyl (C=O) groups is 1. The summed E-state index contributed by atoms with van der Waals surface area (Å²) in [7, 11) is 0. The van der Waals surface area contributed by atoms with E-state index in [2.05, 4.69) is 4.98 Å². The van der Waals surface area contributed by atoms with Crippen LogP contribution in [0.3, 0.4) is 0 Å². The van der Waals surface area contributed by atoms with Crippen LogP contribution in [0.25, 0.3) is 11.1 Å². The molecule has 0 unspecified atom stereocenters. The fourth-order valence-electron chi connectivity index (χ4n) is 4.17. The van der Waals surface area contributed by atoms with Gasteiger partial charge in [-0.15, -0.1) is 0 Å². The zero-order chi connectivity index (χ0) is 26.1. The second-order valence-corrected chi connectivity index (χ2v) is 8.20. The average molecular weight is 529 g/mol. The molecule has 4 rings (SSSR count). The average Bonchev–Trinajstić information content (AvgIpc) is 3.31. The molecule has 1 heterocycles. The quantitative estimate of drug-likeness (QED) is 0.364. The number of aromatic carboxylic acids is 1. The molecule has 0 saturated heterocycles. The monoisotopic (exact) mass is 529 g/mol. The molecule has 0 radical (unpaired) electrons. The molecule has 1 aliphatic carbocycles. The number of rotatable bonds is 6. The Labute approximate surface area is 230 Å². The molecule has 0 saturated carbocycles. The molecule has 1 aliphatic rings. The Balaban J connectivity index is 0.00000380. The summed E-state index contributed by atoms with van der Waals surface area (Å²) in [6.07, 6.45) is -7.64. The Morgan fingerprint density at radius 2 is 1.59 bits per heavy atom. The summed E-state index contributed by atoms with van der Waals surface area (Å²) < 4.78 is 86.0. The molecule has 0 aliphatic heterocycles. The second-order valence-electron chi connectivity index (χ2n) is 8.20. The van der Waals surface area contributed by atoms with Crippen molar-refractivity contribution in [1.82, 2.24) is 4.98 Å². The Hall–Kier alpha value is -2.82. The topological polar surface area (TPSA) is 62.2 Å². The Kier molecular flexibility index (Phi) is 8.77. The van der Waals surface area contributed by atoms with E-state index in [1.807, 2.05) is 6.07 Å². The first kappa shape index (κ1) is 28.7. The van der Waals surface area contributed by atoms with Crippen LogP contribution in [0.15, 0.2) is 60.8 Å². The number of nitrogens with zero attached hydrogens (tertiary/aromatic N) is 1. The summed E-state index contributed by atoms with van der Waals surface area (Å²) in [4.78, 5) is 14.7. The van der Waals surface area contributed by atoms with Gasteiger partial charge in [0, 0.05) is 17.3 Å². The van der Waals surface area contributed by atoms with Crippen LogP contribution in [0.2, 0.25) is 0 Å². The first-order valence-electron chi connectivity index (χ1n) is 10.8. The summed E-state index contributed by atoms with van der Waals surface area (Å²) in [5.41, 5.74) is -1.82. The summed E-state index contributed by atoms with van der Waals surface area (Å²) in [6, 6.07) is 12.8. The van der Waals surface area contributed by atoms with Crippen molar-refractivity contribution in [2.75, 3.05) is 0 Å². The van der Waals surface area contributed by atoms with E-state index in [1.165, 1.54) is 6.07 Å². The number of hydrogen-bond acceptors (Lipinski definition) is 4. The molecular formula is C26H18F6NNaO3. The molecule has 2 aromatic carbocycles. The van der Waals surface area contributed by atoms with Crippen LogP contribution >= 0.6 is 0 Å². The first-order chi connectivity index (χ1) is 16.9. The summed E-state index contributed by atoms with van der Waals surface area (Å²) >= 11 is 0. The van der Waals surface area contributed by atoms with E-state index in [4.69, 9.17) is 4.74 Å². The first-order valence-corrected chi connectivity index (χ1v) is 10.8. The molecule has 0 atom stereocenters. The maximum atomic E-state index is 13.5. The van der Waals surface area contributed by atoms with Gasteiger partial charge in [-0.1, -0.05) is 30.3 Å². The molecular weight excluding hydrogens is 511 g/mol. The number of benzene rings is 2. The van der Waals surface area contributed by atoms with E-state index in [-0.39, 0.29) is 53.0 Å². The van der Waals surface area contributed by atoms with E-state index in [9.17, 15) is 36.2 Å². The van der Waals surface area contributed by atoms with Gasteiger partial charge in [0.25, 0.3) is 0 Å². The third kappa shape index (κ3) is 6.55. The van der Waals surface area contributed by atoms with E-state index in [1.54, 1.807) is 24.3 Å². The zero-order valence-electron chi connectivity index (χ0n) is 19.5. The van der Waals surface area contributed by atoms with Crippen molar-refractivity contribution in [2.45, 2.75) is 38.2 Å². The van der Waals surface area contributed by atoms with Crippen molar-refractivity contribution >= 4 is 17.1 Å². The summed E-state index contributed by atoms with van der Waals surface area (Å²) in [5.74, 6) is -1.89. The maximum Gasteiger partial charge on any atom is 1.00 e. The van der Waals surface area contributed by atoms with Crippen molar-refractivity contribution in [3.8, 4) is 5.75 Å². The Morgan fingerprint density at radius 1 is 0.919 bits per heavy atom. The number of allylic oxidation sites excluding steroid dienone is 2. The molecule has 0 amide bonds. The van der Waals surface area contributed by atoms with Gasteiger partial charge in [0.05, 0.1) is 11.5 Å². The van der Waals surface area contributed by atoms with Crippen molar-refractivity contribution in [2.24, 2.45) is 0 Å². The SMILES string of the molecule is O=C([O-])c1cc(C2=C(c3cc(C(F)(F)F)ccc3OCc3ccccc3)CCC2)cnc1C(F)(F)F.[Na+]. The molecule has 188 valence electrons. The van der Waals surface area contributed by atoms with Crippen molar-refractivity contribution < 1.29 is 70.5 Å². The third-order valence-electron chi connectivity index (χ3n) is 5.81. The van der Waals surface area contributed by atoms with Gasteiger partial charge in [0.2, 0.25) is 0 Å². The summed E-state index contributed by atoms with van der Waals surface area (Å²) in [6.45, 7) is 0.0818. The van der Waals surface area contributed by atoms with Gasteiger partial charge < -0.3 is 14.6 Å². The van der Waals surface area contributed by atoms with Crippen molar-refractivity contribution in [1.29, 1.82) is 0 Å². The van der Waals surface area contributed by atoms with E-state index in [0.29, 0.717) is 30.4 Å². The fraction of sp³-hybridized carbons (Fsp3) is 0.231. The minimum atomic E-state index is -5.01. The van der Waals surface area contributed by atoms with Gasteiger partial charge >= 0.3 is 41.9 Å². The van der Waals surface area contributed by atoms with Crippen molar-refractivity contribution in [3.05, 3.63) is 94.3 Å². The molecule has 0 bridgehead atoms. The van der Waals surface area contributed by atoms with Crippen LogP contribution in [0.4, 0.5) is 26.3 Å². The minimum Gasteiger partial charge on any atom is -0.545 e. The van der Waals surface area contributed by atoms with Crippen LogP contribution in [0.1, 0.15) is 57.6 Å². The molecule has 0 fully saturated rings. The number of alkyl halides is 6. The number of carboxylic acid groups (broad SMARTS) is 1. The molecule has 0 spiro atoms. The van der Waals surface area contributed by atoms with Gasteiger partial charge in [-0.25, -0.2) is 0 Å². The van der Waals surface area contributed by atoms with Crippen LogP contribution < -0.4 is 39.4 Å². The van der Waals surface area contributed by atoms with Gasteiger partial charge in [-0.3, -0.25) is 4.98 Å². The maximum absolute atomic E-state index is 13.5. The van der Waals surface area contributed by atoms with E-state index < -0.39 is 35.1 Å². The van der Waals surface area contributed by atoms with Crippen molar-refractivity contribution in [3.63, 3.8) is 0 Å². The molecule has 4 nitrogen and oxygen atoms in total. The van der Waals surface area contributed by atoms with Crippen LogP contribution in [0, 0.1) is 0 Å². The van der Waals surface area contributed by atoms with Gasteiger partial charge in [-0.2, -0.15) is 26.3 Å². The predicted molar refractivity (Wildman–Crippen MR) is 116 cm³/mol. The number of carbonyl (C=O) groups excluding carboxylic acids is 1. The summed E-state index contributed by atoms with van der Waals surface area (Å²) in [5, 5.41) is 11.4. The number of aromatic nitrogens is 1. The van der Waals surface area contributed by atoms with E-state index in [0.717, 1.165) is 30.0 Å². The van der Waals surface area contributed by atoms with Gasteiger partial charge in [0.15, 0.2) is 5.69 Å². The fourth-order valence-corrected chi connectivity index (χ4v) is 4.17. The number of pyridine rings is 1. The van der Waals surface area contributed by atoms with Gasteiger partial charge in [-0.05, 0) is 65.8 Å². The number of hydrogen-bond donors (Lipinski definition) is 0. The molecule has 3 aromatic rings. The van der Waals surface area contributed by atoms with Crippen LogP contribution in [-0.2, 0) is 19.0 Å². The van der Waals surface area contributed by atoms with E-state index >= 15 is 0 Å². The van der Waals surface area contributed by atoms with Crippen LogP contribution in [-0.4, -0.2) is 11.0 Å². The number of ether oxygens (including phenoxy) is 1. The third-order valence-corrected chi connectivity index (χ3v) is 5.81. The molecule has 0 N–H and O–H groups in total. The Bertz CT molecular complexity index is 1320. The molecule has 37 heavy (non-hydrogen) atoms. The largest absolute Gasteiger partial charge is 1.00 e. The minimum absolute atomic E-state index is 0. The standard InChI is InChI=1S/C26H19F6NO3.Na/c27-25(28,29)17-9-10-22(36-14-15-5-2-1-3-6-15)20(12-17)19-8-4-7-18(19)16-11-21(24(34)35)23(33-13-16)26(30,31)32;/h1-3,5-6,9-13H,4,7-8,14H2,(H,34,35);/q;+1/p-1. The number of carboxylic acids is 1. The predicted octanol–water partition coefficient (Wildman–Crippen LogP) is 3.16. The molecule has 11 heteroatoms. The molecule has 1 aromatic heterocycles. The zero-order valence-corrected chi connectivity index (χ0v) is 21.5. The Morgan fingerprint density at radius 3 is 2.22 bits per heavy atom.